The fourth-order valence-corrected chi connectivity index (χ4v) is 2.80. The third-order valence-electron chi connectivity index (χ3n) is 4.20. The molecule has 4 heteroatoms. The van der Waals surface area contributed by atoms with Gasteiger partial charge in [-0.3, -0.25) is 0 Å². The van der Waals surface area contributed by atoms with E-state index < -0.39 is 0 Å². The van der Waals surface area contributed by atoms with Crippen LogP contribution in [-0.4, -0.2) is 9.97 Å². The first-order valence-corrected chi connectivity index (χ1v) is 8.88. The third kappa shape index (κ3) is 5.19. The maximum atomic E-state index is 5.88. The number of para-hydroxylation sites is 1. The largest absolute Gasteiger partial charge is 0.457 e. The molecule has 1 heterocycles. The van der Waals surface area contributed by atoms with Crippen LogP contribution in [0, 0.1) is 0 Å². The second-order valence-electron chi connectivity index (χ2n) is 6.14. The van der Waals surface area contributed by atoms with Gasteiger partial charge in [0.1, 0.15) is 11.5 Å². The fourth-order valence-electron chi connectivity index (χ4n) is 2.80. The summed E-state index contributed by atoms with van der Waals surface area (Å²) in [7, 11) is 0. The van der Waals surface area contributed by atoms with Crippen molar-refractivity contribution in [1.29, 1.82) is 0 Å². The van der Waals surface area contributed by atoms with Crippen LogP contribution in [0.3, 0.4) is 0 Å². The van der Waals surface area contributed by atoms with Crippen LogP contribution in [0.5, 0.6) is 11.5 Å². The van der Waals surface area contributed by atoms with Crippen LogP contribution in [0.4, 0.5) is 0 Å². The molecule has 0 spiro atoms. The predicted molar refractivity (Wildman–Crippen MR) is 101 cm³/mol. The number of nitrogens with one attached hydrogen (secondary N) is 2. The van der Waals surface area contributed by atoms with Crippen molar-refractivity contribution >= 4 is 0 Å². The van der Waals surface area contributed by atoms with Gasteiger partial charge in [-0.1, -0.05) is 50.1 Å². The van der Waals surface area contributed by atoms with Gasteiger partial charge in [0.05, 0.1) is 6.33 Å². The quantitative estimate of drug-likeness (QED) is 0.563. The molecule has 0 saturated heterocycles. The Morgan fingerprint density at radius 2 is 1.80 bits per heavy atom. The number of benzene rings is 2. The Hall–Kier alpha value is -2.59. The molecule has 1 aromatic heterocycles. The number of rotatable bonds is 9. The van der Waals surface area contributed by atoms with Crippen LogP contribution in [0.15, 0.2) is 67.1 Å². The number of imidazole rings is 1. The molecule has 0 aliphatic rings. The Bertz CT molecular complexity index is 724. The van der Waals surface area contributed by atoms with Gasteiger partial charge in [0.25, 0.3) is 0 Å². The van der Waals surface area contributed by atoms with E-state index in [9.17, 15) is 0 Å². The summed E-state index contributed by atoms with van der Waals surface area (Å²) in [5.41, 5.74) is 2.39. The van der Waals surface area contributed by atoms with Gasteiger partial charge in [-0.25, -0.2) is 4.98 Å². The van der Waals surface area contributed by atoms with Crippen LogP contribution in [-0.2, 0) is 6.54 Å². The van der Waals surface area contributed by atoms with Gasteiger partial charge in [0, 0.05) is 24.5 Å². The minimum Gasteiger partial charge on any atom is -0.457 e. The van der Waals surface area contributed by atoms with E-state index in [0.717, 1.165) is 30.2 Å². The van der Waals surface area contributed by atoms with Crippen molar-refractivity contribution in [3.8, 4) is 11.5 Å². The van der Waals surface area contributed by atoms with E-state index >= 15 is 0 Å². The zero-order valence-electron chi connectivity index (χ0n) is 14.6. The van der Waals surface area contributed by atoms with E-state index in [0.29, 0.717) is 6.04 Å². The molecule has 2 N–H and O–H groups in total. The van der Waals surface area contributed by atoms with Crippen molar-refractivity contribution in [1.82, 2.24) is 15.3 Å². The van der Waals surface area contributed by atoms with Crippen molar-refractivity contribution in [3.05, 3.63) is 78.4 Å². The van der Waals surface area contributed by atoms with Gasteiger partial charge in [-0.15, -0.1) is 0 Å². The lowest BCUT2D eigenvalue weighted by atomic mass is 10.0. The van der Waals surface area contributed by atoms with Gasteiger partial charge >= 0.3 is 0 Å². The Balaban J connectivity index is 1.65. The van der Waals surface area contributed by atoms with Crippen molar-refractivity contribution in [2.24, 2.45) is 0 Å². The molecule has 4 nitrogen and oxygen atoms in total. The number of hydrogen-bond acceptors (Lipinski definition) is 3. The van der Waals surface area contributed by atoms with Gasteiger partial charge in [0.15, 0.2) is 0 Å². The number of H-pyrrole nitrogens is 1. The molecule has 130 valence electrons. The molecule has 0 bridgehead atoms. The highest BCUT2D eigenvalue weighted by Gasteiger charge is 2.11. The van der Waals surface area contributed by atoms with Crippen LogP contribution in [0.1, 0.15) is 43.5 Å². The summed E-state index contributed by atoms with van der Waals surface area (Å²) < 4.78 is 5.88. The van der Waals surface area contributed by atoms with Crippen molar-refractivity contribution < 1.29 is 4.74 Å². The first kappa shape index (κ1) is 17.2. The van der Waals surface area contributed by atoms with E-state index in [1.807, 2.05) is 48.7 Å². The molecule has 0 aliphatic carbocycles. The minimum absolute atomic E-state index is 0.328. The lowest BCUT2D eigenvalue weighted by molar-refractivity contribution is 0.471. The lowest BCUT2D eigenvalue weighted by Crippen LogP contribution is -2.21. The molecule has 0 saturated carbocycles. The standard InChI is InChI=1S/C21H25N3O/c1-2-3-9-21(23-15-18-14-22-16-24-18)17-10-12-20(13-11-17)25-19-7-5-4-6-8-19/h4-8,10-14,16,21,23H,2-3,9,15H2,1H3,(H,22,24). The lowest BCUT2D eigenvalue weighted by Gasteiger charge is -2.19. The van der Waals surface area contributed by atoms with Crippen molar-refractivity contribution in [2.45, 2.75) is 38.8 Å². The number of nitrogens with zero attached hydrogens (tertiary/aromatic N) is 1. The smallest absolute Gasteiger partial charge is 0.127 e. The predicted octanol–water partition coefficient (Wildman–Crippen LogP) is 5.22. The maximum Gasteiger partial charge on any atom is 0.127 e. The normalized spacial score (nSPS) is 12.0. The van der Waals surface area contributed by atoms with Crippen LogP contribution < -0.4 is 10.1 Å². The summed E-state index contributed by atoms with van der Waals surface area (Å²) in [5, 5.41) is 3.63. The summed E-state index contributed by atoms with van der Waals surface area (Å²) in [6, 6.07) is 18.6. The molecule has 3 aromatic rings. The molecule has 1 atom stereocenters. The molecule has 0 aliphatic heterocycles. The molecular formula is C21H25N3O. The SMILES string of the molecule is CCCCC(NCc1cnc[nH]1)c1ccc(Oc2ccccc2)cc1. The van der Waals surface area contributed by atoms with Gasteiger partial charge < -0.3 is 15.0 Å². The highest BCUT2D eigenvalue weighted by atomic mass is 16.5. The summed E-state index contributed by atoms with van der Waals surface area (Å²) >= 11 is 0. The zero-order valence-corrected chi connectivity index (χ0v) is 14.6. The monoisotopic (exact) mass is 335 g/mol. The van der Waals surface area contributed by atoms with E-state index in [1.165, 1.54) is 18.4 Å². The molecule has 0 amide bonds. The molecular weight excluding hydrogens is 310 g/mol. The highest BCUT2D eigenvalue weighted by molar-refractivity contribution is 5.34. The summed E-state index contributed by atoms with van der Waals surface area (Å²) in [4.78, 5) is 7.22. The van der Waals surface area contributed by atoms with Crippen molar-refractivity contribution in [2.75, 3.05) is 0 Å². The molecule has 0 radical (unpaired) electrons. The second kappa shape index (κ2) is 9.04. The number of aromatic amines is 1. The number of aromatic nitrogens is 2. The molecule has 0 fully saturated rings. The minimum atomic E-state index is 0.328. The first-order valence-electron chi connectivity index (χ1n) is 8.88. The summed E-state index contributed by atoms with van der Waals surface area (Å²) in [6.07, 6.45) is 7.08. The Morgan fingerprint density at radius 3 is 2.48 bits per heavy atom. The van der Waals surface area contributed by atoms with E-state index in [4.69, 9.17) is 4.74 Å². The number of hydrogen-bond donors (Lipinski definition) is 2. The van der Waals surface area contributed by atoms with E-state index in [1.54, 1.807) is 6.33 Å². The Labute approximate surface area is 149 Å². The molecule has 3 rings (SSSR count). The van der Waals surface area contributed by atoms with E-state index in [2.05, 4.69) is 34.3 Å². The Morgan fingerprint density at radius 1 is 1.04 bits per heavy atom. The van der Waals surface area contributed by atoms with Gasteiger partial charge in [-0.05, 0) is 36.2 Å². The first-order chi connectivity index (χ1) is 12.3. The zero-order chi connectivity index (χ0) is 17.3. The van der Waals surface area contributed by atoms with Crippen LogP contribution in [0.25, 0.3) is 0 Å². The molecule has 1 unspecified atom stereocenters. The topological polar surface area (TPSA) is 49.9 Å². The number of unbranched alkanes of at least 4 members (excludes halogenated alkanes) is 1. The molecule has 2 aromatic carbocycles. The molecule has 25 heavy (non-hydrogen) atoms. The van der Waals surface area contributed by atoms with Crippen molar-refractivity contribution in [3.63, 3.8) is 0 Å². The van der Waals surface area contributed by atoms with Crippen LogP contribution in [0.2, 0.25) is 0 Å². The Kier molecular flexibility index (Phi) is 6.23. The summed E-state index contributed by atoms with van der Waals surface area (Å²) in [5.74, 6) is 1.72. The third-order valence-corrected chi connectivity index (χ3v) is 4.20. The maximum absolute atomic E-state index is 5.88. The average Bonchev–Trinajstić information content (AvgIpc) is 3.17. The van der Waals surface area contributed by atoms with Gasteiger partial charge in [-0.2, -0.15) is 0 Å². The van der Waals surface area contributed by atoms with Gasteiger partial charge in [0.2, 0.25) is 0 Å². The second-order valence-corrected chi connectivity index (χ2v) is 6.14. The number of ether oxygens (including phenoxy) is 1. The van der Waals surface area contributed by atoms with Crippen LogP contribution >= 0.6 is 0 Å². The fraction of sp³-hybridized carbons (Fsp3) is 0.286. The summed E-state index contributed by atoms with van der Waals surface area (Å²) in [6.45, 7) is 3.01. The average molecular weight is 335 g/mol. The van der Waals surface area contributed by atoms with E-state index in [-0.39, 0.29) is 0 Å². The highest BCUT2D eigenvalue weighted by Crippen LogP contribution is 2.25.